The molecule has 0 fully saturated rings. The molecule has 3 heterocycles. The minimum absolute atomic E-state index is 0.126. The Hall–Kier alpha value is -10.1. The second kappa shape index (κ2) is 34.3. The average molecular weight is 1410 g/mol. The molecule has 0 spiro atoms. The summed E-state index contributed by atoms with van der Waals surface area (Å²) in [5.74, 6) is -4.29. The number of methoxy groups -OCH3 is 1. The van der Waals surface area contributed by atoms with Crippen LogP contribution in [0, 0.1) is 29.3 Å². The Morgan fingerprint density at radius 3 is 1.28 bits per heavy atom. The van der Waals surface area contributed by atoms with E-state index >= 15 is 0 Å². The molecule has 12 aromatic rings. The highest BCUT2D eigenvalue weighted by Gasteiger charge is 2.36. The number of halogens is 6. The fourth-order valence-corrected chi connectivity index (χ4v) is 13.9. The topological polar surface area (TPSA) is 176 Å². The van der Waals surface area contributed by atoms with Crippen molar-refractivity contribution in [2.75, 3.05) is 19.4 Å². The summed E-state index contributed by atoms with van der Waals surface area (Å²) < 4.78 is 120. The van der Waals surface area contributed by atoms with E-state index in [1.54, 1.807) is 76.1 Å². The number of alkyl halides is 3. The van der Waals surface area contributed by atoms with Gasteiger partial charge in [0.05, 0.1) is 65.2 Å². The lowest BCUT2D eigenvalue weighted by Crippen LogP contribution is -2.37. The number of aliphatic hydroxyl groups excluding tert-OH is 1. The number of sulfonamides is 1. The summed E-state index contributed by atoms with van der Waals surface area (Å²) >= 11 is 0. The number of nitrogens with zero attached hydrogens (tertiary/aromatic N) is 6. The molecule has 0 aliphatic heterocycles. The van der Waals surface area contributed by atoms with Crippen LogP contribution in [-0.2, 0) is 24.0 Å². The molecule has 22 heteroatoms. The number of aliphatic carboxylic acids is 1. The second-order valence-corrected chi connectivity index (χ2v) is 31.4. The molecule has 3 aromatic heterocycles. The number of allylic oxidation sites excluding steroid dienone is 1. The molecular weight excluding hydrogens is 1330 g/mol. The maximum atomic E-state index is 13.4. The van der Waals surface area contributed by atoms with Crippen LogP contribution in [0.3, 0.4) is 0 Å². The maximum Gasteiger partial charge on any atom is 0.404 e. The minimum Gasteiger partial charge on any atom is -0.520 e. The fraction of sp³-hybridized carbons (Fsp3) is 0.241. The van der Waals surface area contributed by atoms with E-state index in [0.29, 0.717) is 24.5 Å². The van der Waals surface area contributed by atoms with E-state index in [-0.39, 0.29) is 41.8 Å². The number of carbonyl (C=O) groups is 1. The molecule has 9 aromatic carbocycles. The van der Waals surface area contributed by atoms with Crippen molar-refractivity contribution in [1.82, 2.24) is 34.1 Å². The molecule has 3 N–H and O–H groups in total. The summed E-state index contributed by atoms with van der Waals surface area (Å²) in [5, 5.41) is 36.4. The molecule has 0 aliphatic carbocycles. The minimum atomic E-state index is -4.82. The van der Waals surface area contributed by atoms with Gasteiger partial charge in [-0.15, -0.1) is 0 Å². The molecule has 12 rings (SSSR count). The predicted molar refractivity (Wildman–Crippen MR) is 388 cm³/mol. The van der Waals surface area contributed by atoms with Gasteiger partial charge in [-0.1, -0.05) is 136 Å². The first-order valence-corrected chi connectivity index (χ1v) is 38.1. The van der Waals surface area contributed by atoms with Crippen LogP contribution in [0.1, 0.15) is 97.8 Å². The smallest absolute Gasteiger partial charge is 0.404 e. The summed E-state index contributed by atoms with van der Waals surface area (Å²) in [7, 11) is -4.37. The largest absolute Gasteiger partial charge is 0.520 e. The zero-order valence-corrected chi connectivity index (χ0v) is 58.8. The van der Waals surface area contributed by atoms with Crippen LogP contribution in [0.5, 0.6) is 0 Å². The molecule has 5 unspecified atom stereocenters. The molecule has 0 bridgehead atoms. The van der Waals surface area contributed by atoms with Gasteiger partial charge in [0.2, 0.25) is 18.3 Å². The summed E-state index contributed by atoms with van der Waals surface area (Å²) in [6.07, 6.45) is 4.27. The van der Waals surface area contributed by atoms with Gasteiger partial charge < -0.3 is 19.4 Å². The van der Waals surface area contributed by atoms with Crippen LogP contribution < -0.4 is 4.72 Å². The van der Waals surface area contributed by atoms with Crippen LogP contribution in [0.4, 0.5) is 26.3 Å². The van der Waals surface area contributed by atoms with E-state index in [9.17, 15) is 49.8 Å². The van der Waals surface area contributed by atoms with Crippen LogP contribution >= 0.6 is 0 Å². The van der Waals surface area contributed by atoms with Crippen LogP contribution in [0.15, 0.2) is 249 Å². The van der Waals surface area contributed by atoms with E-state index < -0.39 is 48.3 Å². The molecule has 14 nitrogen and oxygen atoms in total. The van der Waals surface area contributed by atoms with E-state index in [1.807, 2.05) is 172 Å². The highest BCUT2D eigenvalue weighted by atomic mass is 32.2. The van der Waals surface area contributed by atoms with Crippen molar-refractivity contribution in [2.45, 2.75) is 90.2 Å². The Balaban J connectivity index is 0.000000168. The Kier molecular flexibility index (Phi) is 25.5. The predicted octanol–water partition coefficient (Wildman–Crippen LogP) is 18.6. The molecular formula is C79H81F6N7O7SSi. The number of carboxylic acid groups (broad SMARTS) is 1. The third-order valence-electron chi connectivity index (χ3n) is 16.7. The quantitative estimate of drug-likeness (QED) is 0.0317. The first kappa shape index (κ1) is 75.1. The van der Waals surface area contributed by atoms with Gasteiger partial charge in [-0.3, -0.25) is 4.79 Å². The lowest BCUT2D eigenvalue weighted by Gasteiger charge is -2.28. The van der Waals surface area contributed by atoms with E-state index in [1.165, 1.54) is 36.4 Å². The first-order valence-electron chi connectivity index (χ1n) is 33.1. The van der Waals surface area contributed by atoms with Gasteiger partial charge in [0.1, 0.15) is 23.6 Å². The number of aromatic nitrogens is 6. The molecule has 0 amide bonds. The van der Waals surface area contributed by atoms with Gasteiger partial charge in [-0.05, 0) is 194 Å². The summed E-state index contributed by atoms with van der Waals surface area (Å²) in [6.45, 7) is 12.1. The molecule has 0 radical (unpaired) electrons. The van der Waals surface area contributed by atoms with E-state index in [4.69, 9.17) is 9.16 Å². The Morgan fingerprint density at radius 1 is 0.545 bits per heavy atom. The molecule has 0 saturated carbocycles. The molecule has 526 valence electrons. The normalized spacial score (nSPS) is 13.3. The van der Waals surface area contributed by atoms with Gasteiger partial charge in [0.15, 0.2) is 5.75 Å². The third-order valence-corrected chi connectivity index (χ3v) is 18.8. The SMILES string of the molecule is C/C=C(/OC)O[Si](C)(C)C.CCCC(C(=O)O)C(c1ccccc1)c1ccc2c(cnn2-c2ccc(F)cc2)c1.CCCC(CNS(=O)(=O)CC(F)(F)F)C(c1ccccc1)c1ccc2c(cnn2-c2ccc(F)cc2)c1.OC(c1ccccc1)c1ccc2c(cnn2-c2ccc(F)cc2)c1. The summed E-state index contributed by atoms with van der Waals surface area (Å²) in [6, 6.07) is 64.7. The van der Waals surface area contributed by atoms with Crippen molar-refractivity contribution >= 4 is 57.0 Å². The molecule has 0 saturated heterocycles. The van der Waals surface area contributed by atoms with Crippen molar-refractivity contribution < 1.29 is 58.9 Å². The number of ether oxygens (including phenoxy) is 1. The van der Waals surface area contributed by atoms with Crippen molar-refractivity contribution in [2.24, 2.45) is 11.8 Å². The number of benzene rings is 9. The molecule has 0 aliphatic rings. The average Bonchev–Trinajstić information content (AvgIpc) is 1.71. The Morgan fingerprint density at radius 2 is 0.921 bits per heavy atom. The Labute approximate surface area is 585 Å². The monoisotopic (exact) mass is 1410 g/mol. The number of nitrogens with one attached hydrogen (secondary N) is 1. The highest BCUT2D eigenvalue weighted by Crippen LogP contribution is 2.39. The van der Waals surface area contributed by atoms with E-state index in [2.05, 4.69) is 39.7 Å². The van der Waals surface area contributed by atoms with Gasteiger partial charge >= 0.3 is 12.1 Å². The first-order chi connectivity index (χ1) is 48.4. The van der Waals surface area contributed by atoms with Gasteiger partial charge in [-0.25, -0.2) is 40.4 Å². The van der Waals surface area contributed by atoms with Crippen molar-refractivity contribution in [3.8, 4) is 17.1 Å². The zero-order chi connectivity index (χ0) is 72.4. The third kappa shape index (κ3) is 20.3. The highest BCUT2D eigenvalue weighted by molar-refractivity contribution is 7.89. The fourth-order valence-electron chi connectivity index (χ4n) is 12.1. The number of aliphatic hydroxyl groups is 1. The van der Waals surface area contributed by atoms with Crippen molar-refractivity contribution in [3.05, 3.63) is 300 Å². The maximum absolute atomic E-state index is 13.4. The van der Waals surface area contributed by atoms with Crippen molar-refractivity contribution in [1.29, 1.82) is 0 Å². The number of hydrogen-bond donors (Lipinski definition) is 3. The zero-order valence-electron chi connectivity index (χ0n) is 57.0. The second-order valence-electron chi connectivity index (χ2n) is 25.2. The summed E-state index contributed by atoms with van der Waals surface area (Å²) in [5.41, 5.74) is 10.3. The molecule has 101 heavy (non-hydrogen) atoms. The number of rotatable bonds is 23. The van der Waals surface area contributed by atoms with E-state index in [0.717, 1.165) is 90.3 Å². The molecule has 5 atom stereocenters. The van der Waals surface area contributed by atoms with Crippen molar-refractivity contribution in [3.63, 3.8) is 0 Å². The van der Waals surface area contributed by atoms with Crippen LogP contribution in [0.25, 0.3) is 49.8 Å². The van der Waals surface area contributed by atoms with Gasteiger partial charge in [0.25, 0.3) is 5.95 Å². The Bertz CT molecular complexity index is 4790. The van der Waals surface area contributed by atoms with Gasteiger partial charge in [-0.2, -0.15) is 28.5 Å². The van der Waals surface area contributed by atoms with Gasteiger partial charge in [0, 0.05) is 34.5 Å². The number of carboxylic acids is 1. The van der Waals surface area contributed by atoms with Crippen LogP contribution in [0.2, 0.25) is 19.6 Å². The standard InChI is InChI=1S/C27H27F4N3O2S.C25H23FN2O2.C20H15FN2O.C7H16O2Si/c1-2-6-21(17-33-37(35,36)18-27(29,30)31)26(19-7-4-3-5-8-19)20-9-14-25-22(15-20)16-32-34(25)24-12-10-23(28)11-13-24;1-2-6-22(25(29)30)24(17-7-4-3-5-8-17)18-9-14-23-19(15-18)16-27-28(23)21-12-10-20(26)11-13-21;21-17-7-9-18(10-8-17)23-19-11-6-15(12-16(19)13-22-23)20(24)14-4-2-1-3-5-14;1-6-7(8-2)9-10(3,4)5/h3-5,7-16,21,26,33H,2,6,17-18H2,1H3;3-5,7-16,22,24H,2,6H2,1H3,(H,29,30);1-13,20,24H;6H,1-5H3/b;;;7-6-. The number of fused-ring (bicyclic) bond motifs is 3. The lowest BCUT2D eigenvalue weighted by atomic mass is 9.78. The van der Waals surface area contributed by atoms with Crippen LogP contribution in [-0.4, -0.2) is 87.8 Å². The lowest BCUT2D eigenvalue weighted by molar-refractivity contribution is -0.142. The summed E-state index contributed by atoms with van der Waals surface area (Å²) in [4.78, 5) is 12.1. The number of hydrogen-bond acceptors (Lipinski definition) is 9.